The zero-order valence-corrected chi connectivity index (χ0v) is 13.0. The Balaban J connectivity index is 1.66. The normalized spacial score (nSPS) is 18.8. The van der Waals surface area contributed by atoms with Crippen LogP contribution in [0.2, 0.25) is 0 Å². The van der Waals surface area contributed by atoms with Gasteiger partial charge in [0, 0.05) is 5.69 Å². The Morgan fingerprint density at radius 2 is 2.20 bits per heavy atom. The summed E-state index contributed by atoms with van der Waals surface area (Å²) in [7, 11) is 0. The summed E-state index contributed by atoms with van der Waals surface area (Å²) in [6, 6.07) is 8.09. The molecule has 1 saturated heterocycles. The second-order valence-electron chi connectivity index (χ2n) is 5.33. The monoisotopic (exact) mass is 292 g/mol. The summed E-state index contributed by atoms with van der Waals surface area (Å²) in [5, 5.41) is 6.37. The van der Waals surface area contributed by atoms with Gasteiger partial charge in [0.05, 0.1) is 5.75 Å². The number of carbonyl (C=O) groups excluding carboxylic acids is 1. The van der Waals surface area contributed by atoms with Gasteiger partial charge in [0.15, 0.2) is 0 Å². The maximum absolute atomic E-state index is 11.9. The molecule has 110 valence electrons. The number of hydrogen-bond donors (Lipinski definition) is 2. The molecular weight excluding hydrogens is 268 g/mol. The van der Waals surface area contributed by atoms with E-state index in [1.165, 1.54) is 18.4 Å². The summed E-state index contributed by atoms with van der Waals surface area (Å²) >= 11 is 1.74. The van der Waals surface area contributed by atoms with Crippen molar-refractivity contribution in [2.45, 2.75) is 26.2 Å². The predicted octanol–water partition coefficient (Wildman–Crippen LogP) is 2.92. The molecule has 0 bridgehead atoms. The summed E-state index contributed by atoms with van der Waals surface area (Å²) in [4.78, 5) is 11.9. The quantitative estimate of drug-likeness (QED) is 0.847. The van der Waals surface area contributed by atoms with Crippen molar-refractivity contribution in [3.8, 4) is 0 Å². The first kappa shape index (κ1) is 15.4. The smallest absolute Gasteiger partial charge is 0.234 e. The molecule has 0 radical (unpaired) electrons. The maximum atomic E-state index is 11.9. The van der Waals surface area contributed by atoms with Gasteiger partial charge in [-0.05, 0) is 61.7 Å². The van der Waals surface area contributed by atoms with E-state index in [2.05, 4.69) is 29.7 Å². The third-order valence-corrected chi connectivity index (χ3v) is 4.81. The highest BCUT2D eigenvalue weighted by atomic mass is 32.2. The number of benzene rings is 1. The average molecular weight is 292 g/mol. The SMILES string of the molecule is CCc1ccc(NC(=O)CSCC2CCCNC2)cc1. The minimum atomic E-state index is 0.100. The molecular formula is C16H24N2OS. The highest BCUT2D eigenvalue weighted by Gasteiger charge is 2.13. The van der Waals surface area contributed by atoms with Crippen molar-refractivity contribution in [1.29, 1.82) is 0 Å². The Morgan fingerprint density at radius 1 is 1.40 bits per heavy atom. The van der Waals surface area contributed by atoms with Gasteiger partial charge >= 0.3 is 0 Å². The largest absolute Gasteiger partial charge is 0.325 e. The first-order chi connectivity index (χ1) is 9.78. The summed E-state index contributed by atoms with van der Waals surface area (Å²) in [6.45, 7) is 4.38. The number of thioether (sulfide) groups is 1. The van der Waals surface area contributed by atoms with Gasteiger partial charge in [-0.25, -0.2) is 0 Å². The van der Waals surface area contributed by atoms with Crippen molar-refractivity contribution in [2.75, 3.05) is 29.9 Å². The van der Waals surface area contributed by atoms with Crippen molar-refractivity contribution in [3.63, 3.8) is 0 Å². The van der Waals surface area contributed by atoms with Crippen LogP contribution in [0, 0.1) is 5.92 Å². The molecule has 4 heteroatoms. The number of rotatable bonds is 6. The van der Waals surface area contributed by atoms with Crippen molar-refractivity contribution < 1.29 is 4.79 Å². The van der Waals surface area contributed by atoms with Gasteiger partial charge in [0.1, 0.15) is 0 Å². The molecule has 0 aromatic heterocycles. The third kappa shape index (κ3) is 5.17. The molecule has 0 saturated carbocycles. The highest BCUT2D eigenvalue weighted by Crippen LogP contribution is 2.17. The molecule has 1 unspecified atom stereocenters. The number of amides is 1. The summed E-state index contributed by atoms with van der Waals surface area (Å²) in [6.07, 6.45) is 3.58. The molecule has 2 N–H and O–H groups in total. The van der Waals surface area contributed by atoms with Crippen LogP contribution in [0.1, 0.15) is 25.3 Å². The van der Waals surface area contributed by atoms with Crippen LogP contribution in [0.4, 0.5) is 5.69 Å². The Hall–Kier alpha value is -1.00. The van der Waals surface area contributed by atoms with Crippen molar-refractivity contribution >= 4 is 23.4 Å². The van der Waals surface area contributed by atoms with E-state index in [0.717, 1.165) is 36.9 Å². The molecule has 1 aliphatic heterocycles. The summed E-state index contributed by atoms with van der Waals surface area (Å²) in [5.41, 5.74) is 2.19. The summed E-state index contributed by atoms with van der Waals surface area (Å²) in [5.74, 6) is 2.45. The fourth-order valence-corrected chi connectivity index (χ4v) is 3.40. The van der Waals surface area contributed by atoms with E-state index >= 15 is 0 Å². The standard InChI is InChI=1S/C16H24N2OS/c1-2-13-5-7-15(8-6-13)18-16(19)12-20-11-14-4-3-9-17-10-14/h5-8,14,17H,2-4,9-12H2,1H3,(H,18,19). The number of carbonyl (C=O) groups is 1. The summed E-state index contributed by atoms with van der Waals surface area (Å²) < 4.78 is 0. The molecule has 0 spiro atoms. The van der Waals surface area contributed by atoms with E-state index in [0.29, 0.717) is 5.75 Å². The second-order valence-corrected chi connectivity index (χ2v) is 6.36. The number of anilines is 1. The number of piperidine rings is 1. The first-order valence-electron chi connectivity index (χ1n) is 7.45. The van der Waals surface area contributed by atoms with E-state index in [4.69, 9.17) is 0 Å². The van der Waals surface area contributed by atoms with Crippen LogP contribution < -0.4 is 10.6 Å². The second kappa shape index (κ2) is 8.32. The first-order valence-corrected chi connectivity index (χ1v) is 8.60. The Morgan fingerprint density at radius 3 is 2.85 bits per heavy atom. The minimum absolute atomic E-state index is 0.100. The fourth-order valence-electron chi connectivity index (χ4n) is 2.41. The lowest BCUT2D eigenvalue weighted by Crippen LogP contribution is -2.31. The van der Waals surface area contributed by atoms with Crippen molar-refractivity contribution in [1.82, 2.24) is 5.32 Å². The van der Waals surface area contributed by atoms with Crippen LogP contribution in [-0.4, -0.2) is 30.5 Å². The zero-order valence-electron chi connectivity index (χ0n) is 12.2. The molecule has 1 heterocycles. The minimum Gasteiger partial charge on any atom is -0.325 e. The van der Waals surface area contributed by atoms with Gasteiger partial charge in [-0.3, -0.25) is 4.79 Å². The van der Waals surface area contributed by atoms with Crippen LogP contribution in [0.25, 0.3) is 0 Å². The lowest BCUT2D eigenvalue weighted by molar-refractivity contribution is -0.113. The molecule has 1 fully saturated rings. The van der Waals surface area contributed by atoms with E-state index in [1.54, 1.807) is 11.8 Å². The highest BCUT2D eigenvalue weighted by molar-refractivity contribution is 7.99. The number of nitrogens with one attached hydrogen (secondary N) is 2. The zero-order chi connectivity index (χ0) is 14.2. The van der Waals surface area contributed by atoms with Crippen LogP contribution in [-0.2, 0) is 11.2 Å². The fraction of sp³-hybridized carbons (Fsp3) is 0.562. The Labute approximate surface area is 125 Å². The predicted molar refractivity (Wildman–Crippen MR) is 87.4 cm³/mol. The van der Waals surface area contributed by atoms with Gasteiger partial charge < -0.3 is 10.6 Å². The lowest BCUT2D eigenvalue weighted by atomic mass is 10.0. The van der Waals surface area contributed by atoms with E-state index in [9.17, 15) is 4.79 Å². The van der Waals surface area contributed by atoms with E-state index in [1.807, 2.05) is 12.1 Å². The van der Waals surface area contributed by atoms with Crippen molar-refractivity contribution in [3.05, 3.63) is 29.8 Å². The van der Waals surface area contributed by atoms with Gasteiger partial charge in [-0.15, -0.1) is 0 Å². The van der Waals surface area contributed by atoms with E-state index < -0.39 is 0 Å². The van der Waals surface area contributed by atoms with Gasteiger partial charge in [-0.1, -0.05) is 19.1 Å². The molecule has 1 aliphatic rings. The molecule has 1 aromatic rings. The molecule has 0 aliphatic carbocycles. The van der Waals surface area contributed by atoms with Crippen LogP contribution in [0.15, 0.2) is 24.3 Å². The van der Waals surface area contributed by atoms with E-state index in [-0.39, 0.29) is 5.91 Å². The van der Waals surface area contributed by atoms with Gasteiger partial charge in [0.25, 0.3) is 0 Å². The number of aryl methyl sites for hydroxylation is 1. The Kier molecular flexibility index (Phi) is 6.40. The molecule has 1 amide bonds. The number of hydrogen-bond acceptors (Lipinski definition) is 3. The average Bonchev–Trinajstić information content (AvgIpc) is 2.49. The molecule has 1 aromatic carbocycles. The van der Waals surface area contributed by atoms with Crippen LogP contribution >= 0.6 is 11.8 Å². The molecule has 3 nitrogen and oxygen atoms in total. The van der Waals surface area contributed by atoms with Crippen LogP contribution in [0.3, 0.4) is 0 Å². The lowest BCUT2D eigenvalue weighted by Gasteiger charge is -2.22. The molecule has 1 atom stereocenters. The maximum Gasteiger partial charge on any atom is 0.234 e. The third-order valence-electron chi connectivity index (χ3n) is 3.63. The van der Waals surface area contributed by atoms with Gasteiger partial charge in [-0.2, -0.15) is 11.8 Å². The molecule has 20 heavy (non-hydrogen) atoms. The topological polar surface area (TPSA) is 41.1 Å². The van der Waals surface area contributed by atoms with Crippen LogP contribution in [0.5, 0.6) is 0 Å². The van der Waals surface area contributed by atoms with Crippen molar-refractivity contribution in [2.24, 2.45) is 5.92 Å². The Bertz CT molecular complexity index is 413. The van der Waals surface area contributed by atoms with Gasteiger partial charge in [0.2, 0.25) is 5.91 Å². The molecule has 2 rings (SSSR count).